The maximum atomic E-state index is 12.3. The zero-order valence-corrected chi connectivity index (χ0v) is 15.6. The molecule has 0 aliphatic carbocycles. The van der Waals surface area contributed by atoms with E-state index in [4.69, 9.17) is 21.1 Å². The van der Waals surface area contributed by atoms with Crippen molar-refractivity contribution in [3.8, 4) is 5.75 Å². The molecule has 0 radical (unpaired) electrons. The first-order chi connectivity index (χ1) is 11.9. The van der Waals surface area contributed by atoms with Crippen LogP contribution in [0, 0.1) is 0 Å². The van der Waals surface area contributed by atoms with Crippen LogP contribution in [-0.4, -0.2) is 31.3 Å². The Morgan fingerprint density at radius 1 is 1.16 bits per heavy atom. The predicted molar refractivity (Wildman–Crippen MR) is 99.7 cm³/mol. The number of esters is 1. The Kier molecular flexibility index (Phi) is 6.73. The molecule has 1 N–H and O–H groups in total. The van der Waals surface area contributed by atoms with E-state index >= 15 is 0 Å². The van der Waals surface area contributed by atoms with E-state index in [-0.39, 0.29) is 5.56 Å². The molecule has 0 unspecified atom stereocenters. The predicted octanol–water partition coefficient (Wildman–Crippen LogP) is 4.25. The Labute approximate surface area is 155 Å². The van der Waals surface area contributed by atoms with Crippen LogP contribution < -0.4 is 10.1 Å². The number of ether oxygens (including phenoxy) is 2. The van der Waals surface area contributed by atoms with Gasteiger partial charge < -0.3 is 14.8 Å². The highest BCUT2D eigenvalue weighted by Gasteiger charge is 2.21. The summed E-state index contributed by atoms with van der Waals surface area (Å²) in [6.07, 6.45) is 0.962. The summed E-state index contributed by atoms with van der Waals surface area (Å²) in [5, 5.41) is 3.23. The first kappa shape index (κ1) is 19.1. The van der Waals surface area contributed by atoms with Crippen molar-refractivity contribution in [2.75, 3.05) is 18.7 Å². The van der Waals surface area contributed by atoms with Gasteiger partial charge >= 0.3 is 5.97 Å². The van der Waals surface area contributed by atoms with Crippen molar-refractivity contribution in [1.29, 1.82) is 0 Å². The summed E-state index contributed by atoms with van der Waals surface area (Å²) in [5.74, 6) is -0.652. The molecule has 0 heterocycles. The molecular formula is C18H18ClNO4S. The van der Waals surface area contributed by atoms with E-state index < -0.39 is 18.0 Å². The van der Waals surface area contributed by atoms with E-state index in [1.54, 1.807) is 42.5 Å². The van der Waals surface area contributed by atoms with Gasteiger partial charge in [-0.15, -0.1) is 11.8 Å². The number of methoxy groups -OCH3 is 1. The second-order valence-corrected chi connectivity index (χ2v) is 6.43. The van der Waals surface area contributed by atoms with Gasteiger partial charge in [-0.3, -0.25) is 4.79 Å². The number of nitrogens with one attached hydrogen (secondary N) is 1. The number of hydrogen-bond donors (Lipinski definition) is 1. The number of anilines is 1. The van der Waals surface area contributed by atoms with Gasteiger partial charge in [0.1, 0.15) is 11.3 Å². The lowest BCUT2D eigenvalue weighted by molar-refractivity contribution is -0.123. The van der Waals surface area contributed by atoms with E-state index in [0.29, 0.717) is 16.5 Å². The summed E-state index contributed by atoms with van der Waals surface area (Å²) >= 11 is 7.34. The Morgan fingerprint density at radius 2 is 1.84 bits per heavy atom. The number of benzene rings is 2. The Morgan fingerprint density at radius 3 is 2.44 bits per heavy atom. The summed E-state index contributed by atoms with van der Waals surface area (Å²) in [5.41, 5.74) is 0.839. The van der Waals surface area contributed by atoms with Gasteiger partial charge in [-0.05, 0) is 55.6 Å². The number of carbonyl (C=O) groups is 2. The molecule has 0 saturated heterocycles. The number of carbonyl (C=O) groups excluding carboxylic acids is 2. The first-order valence-electron chi connectivity index (χ1n) is 7.44. The standard InChI is InChI=1S/C18H18ClNO4S/c1-11(17(21)20-13-6-4-12(19)5-7-13)24-18(22)15-9-8-14(25-3)10-16(15)23-2/h4-11H,1-3H3,(H,20,21)/t11-/m1/s1. The Balaban J connectivity index is 2.04. The summed E-state index contributed by atoms with van der Waals surface area (Å²) in [4.78, 5) is 25.5. The number of halogens is 1. The van der Waals surface area contributed by atoms with Crippen LogP contribution in [0.5, 0.6) is 5.75 Å². The highest BCUT2D eigenvalue weighted by molar-refractivity contribution is 7.98. The maximum Gasteiger partial charge on any atom is 0.342 e. The van der Waals surface area contributed by atoms with Crippen molar-refractivity contribution in [3.05, 3.63) is 53.1 Å². The number of thioether (sulfide) groups is 1. The third kappa shape index (κ3) is 5.14. The van der Waals surface area contributed by atoms with Gasteiger partial charge in [-0.2, -0.15) is 0 Å². The monoisotopic (exact) mass is 379 g/mol. The van der Waals surface area contributed by atoms with Crippen molar-refractivity contribution >= 4 is 40.9 Å². The van der Waals surface area contributed by atoms with E-state index in [1.807, 2.05) is 6.26 Å². The van der Waals surface area contributed by atoms with Crippen LogP contribution in [0.15, 0.2) is 47.4 Å². The minimum absolute atomic E-state index is 0.270. The van der Waals surface area contributed by atoms with Crippen molar-refractivity contribution < 1.29 is 19.1 Å². The summed E-state index contributed by atoms with van der Waals surface area (Å²) < 4.78 is 10.5. The van der Waals surface area contributed by atoms with Crippen LogP contribution in [-0.2, 0) is 9.53 Å². The third-order valence-corrected chi connectivity index (χ3v) is 4.37. The van der Waals surface area contributed by atoms with Gasteiger partial charge in [0.25, 0.3) is 5.91 Å². The van der Waals surface area contributed by atoms with Gasteiger partial charge in [-0.25, -0.2) is 4.79 Å². The molecule has 1 atom stereocenters. The van der Waals surface area contributed by atoms with Crippen molar-refractivity contribution in [1.82, 2.24) is 0 Å². The molecule has 0 saturated carbocycles. The van der Waals surface area contributed by atoms with Gasteiger partial charge in [0, 0.05) is 15.6 Å². The highest BCUT2D eigenvalue weighted by Crippen LogP contribution is 2.26. The summed E-state index contributed by atoms with van der Waals surface area (Å²) in [6.45, 7) is 1.51. The van der Waals surface area contributed by atoms with Crippen molar-refractivity contribution in [2.24, 2.45) is 0 Å². The zero-order valence-electron chi connectivity index (χ0n) is 14.0. The fourth-order valence-corrected chi connectivity index (χ4v) is 2.58. The van der Waals surface area contributed by atoms with Crippen molar-refractivity contribution in [3.63, 3.8) is 0 Å². The van der Waals surface area contributed by atoms with E-state index in [2.05, 4.69) is 5.32 Å². The Bertz CT molecular complexity index is 764. The molecule has 0 aromatic heterocycles. The largest absolute Gasteiger partial charge is 0.496 e. The topological polar surface area (TPSA) is 64.6 Å². The lowest BCUT2D eigenvalue weighted by Gasteiger charge is -2.15. The fraction of sp³-hybridized carbons (Fsp3) is 0.222. The molecule has 7 heteroatoms. The average Bonchev–Trinajstić information content (AvgIpc) is 2.62. The normalized spacial score (nSPS) is 11.5. The van der Waals surface area contributed by atoms with Crippen molar-refractivity contribution in [2.45, 2.75) is 17.9 Å². The molecule has 0 fully saturated rings. The molecule has 25 heavy (non-hydrogen) atoms. The second-order valence-electron chi connectivity index (χ2n) is 5.11. The molecule has 132 valence electrons. The molecular weight excluding hydrogens is 362 g/mol. The summed E-state index contributed by atoms with van der Waals surface area (Å²) in [6, 6.07) is 11.8. The van der Waals surface area contributed by atoms with Crippen LogP contribution >= 0.6 is 23.4 Å². The molecule has 2 aromatic carbocycles. The van der Waals surface area contributed by atoms with Crippen LogP contribution in [0.3, 0.4) is 0 Å². The van der Waals surface area contributed by atoms with Crippen LogP contribution in [0.25, 0.3) is 0 Å². The van der Waals surface area contributed by atoms with Gasteiger partial charge in [0.05, 0.1) is 7.11 Å². The lowest BCUT2D eigenvalue weighted by atomic mass is 10.2. The van der Waals surface area contributed by atoms with Crippen LogP contribution in [0.2, 0.25) is 5.02 Å². The first-order valence-corrected chi connectivity index (χ1v) is 9.04. The second kappa shape index (κ2) is 8.78. The van der Waals surface area contributed by atoms with Gasteiger partial charge in [-0.1, -0.05) is 11.6 Å². The molecule has 5 nitrogen and oxygen atoms in total. The Hall–Kier alpha value is -2.18. The molecule has 0 spiro atoms. The minimum Gasteiger partial charge on any atom is -0.496 e. The molecule has 0 bridgehead atoms. The summed E-state index contributed by atoms with van der Waals surface area (Å²) in [7, 11) is 1.48. The van der Waals surface area contributed by atoms with E-state index in [9.17, 15) is 9.59 Å². The molecule has 0 aliphatic rings. The van der Waals surface area contributed by atoms with Crippen LogP contribution in [0.1, 0.15) is 17.3 Å². The maximum absolute atomic E-state index is 12.3. The van der Waals surface area contributed by atoms with Gasteiger partial charge in [0.2, 0.25) is 0 Å². The highest BCUT2D eigenvalue weighted by atomic mass is 35.5. The van der Waals surface area contributed by atoms with Gasteiger partial charge in [0.15, 0.2) is 6.10 Å². The molecule has 0 aliphatic heterocycles. The van der Waals surface area contributed by atoms with E-state index in [0.717, 1.165) is 4.90 Å². The molecule has 2 aromatic rings. The average molecular weight is 380 g/mol. The molecule has 2 rings (SSSR count). The quantitative estimate of drug-likeness (QED) is 0.600. The third-order valence-electron chi connectivity index (χ3n) is 3.39. The smallest absolute Gasteiger partial charge is 0.342 e. The fourth-order valence-electron chi connectivity index (χ4n) is 2.02. The number of amides is 1. The van der Waals surface area contributed by atoms with Crippen LogP contribution in [0.4, 0.5) is 5.69 Å². The number of rotatable bonds is 6. The SMILES string of the molecule is COc1cc(SC)ccc1C(=O)O[C@H](C)C(=O)Nc1ccc(Cl)cc1. The minimum atomic E-state index is -0.965. The van der Waals surface area contributed by atoms with E-state index in [1.165, 1.54) is 25.8 Å². The lowest BCUT2D eigenvalue weighted by Crippen LogP contribution is -2.30. The number of hydrogen-bond acceptors (Lipinski definition) is 5. The zero-order chi connectivity index (χ0) is 18.4. The molecule has 1 amide bonds.